The fraction of sp³-hybridized carbons (Fsp3) is 0.286. The number of benzene rings is 2. The summed E-state index contributed by atoms with van der Waals surface area (Å²) in [5.41, 5.74) is 1.76. The second-order valence-electron chi connectivity index (χ2n) is 6.11. The smallest absolute Gasteiger partial charge is 0.338 e. The minimum absolute atomic E-state index is 0.141. The number of ether oxygens (including phenoxy) is 1. The van der Waals surface area contributed by atoms with Crippen molar-refractivity contribution in [1.29, 1.82) is 0 Å². The molecule has 0 atom stereocenters. The van der Waals surface area contributed by atoms with E-state index in [9.17, 15) is 14.4 Å². The minimum atomic E-state index is -0.360. The van der Waals surface area contributed by atoms with Gasteiger partial charge in [0.05, 0.1) is 17.9 Å². The summed E-state index contributed by atoms with van der Waals surface area (Å²) in [5.74, 6) is -0.434. The molecule has 7 heteroatoms. The van der Waals surface area contributed by atoms with Crippen LogP contribution in [-0.2, 0) is 14.3 Å². The van der Waals surface area contributed by atoms with E-state index in [-0.39, 0.29) is 23.5 Å². The molecule has 0 aliphatic heterocycles. The SMILES string of the molecule is CCCCOC(=O)c1ccc(NC(=O)CSc2cccc(NC(C)=O)c2)cc1. The number of esters is 1. The Morgan fingerprint density at radius 3 is 2.43 bits per heavy atom. The largest absolute Gasteiger partial charge is 0.462 e. The molecule has 2 N–H and O–H groups in total. The summed E-state index contributed by atoms with van der Waals surface area (Å²) in [5, 5.41) is 5.51. The molecule has 0 unspecified atom stereocenters. The standard InChI is InChI=1S/C21H24N2O4S/c1-3-4-12-27-21(26)16-8-10-17(11-9-16)23-20(25)14-28-19-7-5-6-18(13-19)22-15(2)24/h5-11,13H,3-4,12,14H2,1-2H3,(H,22,24)(H,23,25). The predicted octanol–water partition coefficient (Wildman–Crippen LogP) is 4.33. The molecule has 0 aliphatic carbocycles. The molecule has 0 aromatic heterocycles. The monoisotopic (exact) mass is 400 g/mol. The number of hydrogen-bond donors (Lipinski definition) is 2. The van der Waals surface area contributed by atoms with E-state index in [0.717, 1.165) is 17.7 Å². The molecule has 148 valence electrons. The fourth-order valence-corrected chi connectivity index (χ4v) is 3.05. The van der Waals surface area contributed by atoms with Crippen LogP contribution in [-0.4, -0.2) is 30.1 Å². The first kappa shape index (κ1) is 21.5. The second-order valence-corrected chi connectivity index (χ2v) is 7.16. The van der Waals surface area contributed by atoms with E-state index in [1.807, 2.05) is 25.1 Å². The van der Waals surface area contributed by atoms with Gasteiger partial charge in [0.2, 0.25) is 11.8 Å². The van der Waals surface area contributed by atoms with E-state index in [0.29, 0.717) is 23.5 Å². The number of rotatable bonds is 9. The van der Waals surface area contributed by atoms with Gasteiger partial charge in [-0.3, -0.25) is 9.59 Å². The molecule has 28 heavy (non-hydrogen) atoms. The highest BCUT2D eigenvalue weighted by Gasteiger charge is 2.08. The maximum absolute atomic E-state index is 12.1. The lowest BCUT2D eigenvalue weighted by Crippen LogP contribution is -2.14. The Bertz CT molecular complexity index is 821. The van der Waals surface area contributed by atoms with Crippen molar-refractivity contribution in [1.82, 2.24) is 0 Å². The maximum atomic E-state index is 12.1. The van der Waals surface area contributed by atoms with E-state index in [2.05, 4.69) is 10.6 Å². The maximum Gasteiger partial charge on any atom is 0.338 e. The van der Waals surface area contributed by atoms with Crippen molar-refractivity contribution in [3.63, 3.8) is 0 Å². The zero-order chi connectivity index (χ0) is 20.4. The van der Waals surface area contributed by atoms with Gasteiger partial charge in [0, 0.05) is 23.2 Å². The molecule has 0 fully saturated rings. The third-order valence-corrected chi connectivity index (χ3v) is 4.65. The lowest BCUT2D eigenvalue weighted by molar-refractivity contribution is -0.114. The number of carbonyl (C=O) groups is 3. The number of amides is 2. The van der Waals surface area contributed by atoms with Crippen LogP contribution in [0.25, 0.3) is 0 Å². The average Bonchev–Trinajstić information content (AvgIpc) is 2.67. The first-order chi connectivity index (χ1) is 13.5. The fourth-order valence-electron chi connectivity index (χ4n) is 2.30. The van der Waals surface area contributed by atoms with Gasteiger partial charge >= 0.3 is 5.97 Å². The van der Waals surface area contributed by atoms with Gasteiger partial charge in [-0.1, -0.05) is 19.4 Å². The van der Waals surface area contributed by atoms with Crippen molar-refractivity contribution in [3.05, 3.63) is 54.1 Å². The van der Waals surface area contributed by atoms with Gasteiger partial charge in [0.15, 0.2) is 0 Å². The Kier molecular flexibility index (Phi) is 8.55. The molecular weight excluding hydrogens is 376 g/mol. The zero-order valence-corrected chi connectivity index (χ0v) is 16.8. The topological polar surface area (TPSA) is 84.5 Å². The number of nitrogens with one attached hydrogen (secondary N) is 2. The van der Waals surface area contributed by atoms with Crippen LogP contribution in [0.15, 0.2) is 53.4 Å². The third-order valence-electron chi connectivity index (χ3n) is 3.66. The average molecular weight is 401 g/mol. The molecule has 0 aliphatic rings. The van der Waals surface area contributed by atoms with Crippen molar-refractivity contribution in [2.24, 2.45) is 0 Å². The molecule has 2 rings (SSSR count). The highest BCUT2D eigenvalue weighted by molar-refractivity contribution is 8.00. The molecule has 0 bridgehead atoms. The Morgan fingerprint density at radius 1 is 1.00 bits per heavy atom. The molecule has 0 heterocycles. The van der Waals surface area contributed by atoms with Crippen LogP contribution in [0, 0.1) is 0 Å². The Hall–Kier alpha value is -2.80. The number of carbonyl (C=O) groups excluding carboxylic acids is 3. The lowest BCUT2D eigenvalue weighted by Gasteiger charge is -2.08. The molecule has 6 nitrogen and oxygen atoms in total. The molecule has 2 amide bonds. The minimum Gasteiger partial charge on any atom is -0.462 e. The van der Waals surface area contributed by atoms with Crippen molar-refractivity contribution in [2.45, 2.75) is 31.6 Å². The summed E-state index contributed by atoms with van der Waals surface area (Å²) in [6.07, 6.45) is 1.80. The van der Waals surface area contributed by atoms with Gasteiger partial charge in [-0.2, -0.15) is 0 Å². The number of hydrogen-bond acceptors (Lipinski definition) is 5. The number of thioether (sulfide) groups is 1. The van der Waals surface area contributed by atoms with E-state index in [4.69, 9.17) is 4.74 Å². The first-order valence-corrected chi connectivity index (χ1v) is 10.0. The summed E-state index contributed by atoms with van der Waals surface area (Å²) in [4.78, 5) is 36.0. The normalized spacial score (nSPS) is 10.2. The molecule has 0 saturated carbocycles. The highest BCUT2D eigenvalue weighted by atomic mass is 32.2. The summed E-state index contributed by atoms with van der Waals surface area (Å²) in [6, 6.07) is 13.9. The van der Waals surface area contributed by atoms with Gasteiger partial charge < -0.3 is 15.4 Å². The van der Waals surface area contributed by atoms with Crippen molar-refractivity contribution in [2.75, 3.05) is 23.0 Å². The number of unbranched alkanes of at least 4 members (excludes halogenated alkanes) is 1. The number of anilines is 2. The van der Waals surface area contributed by atoms with Crippen molar-refractivity contribution >= 4 is 40.9 Å². The van der Waals surface area contributed by atoms with Gasteiger partial charge in [-0.05, 0) is 48.9 Å². The van der Waals surface area contributed by atoms with Crippen molar-refractivity contribution < 1.29 is 19.1 Å². The zero-order valence-electron chi connectivity index (χ0n) is 16.0. The summed E-state index contributed by atoms with van der Waals surface area (Å²) in [6.45, 7) is 3.89. The van der Waals surface area contributed by atoms with Crippen LogP contribution in [0.3, 0.4) is 0 Å². The van der Waals surface area contributed by atoms with Crippen LogP contribution < -0.4 is 10.6 Å². The predicted molar refractivity (Wildman–Crippen MR) is 112 cm³/mol. The second kappa shape index (κ2) is 11.1. The molecule has 2 aromatic rings. The van der Waals surface area contributed by atoms with Crippen LogP contribution >= 0.6 is 11.8 Å². The molecule has 0 radical (unpaired) electrons. The Morgan fingerprint density at radius 2 is 1.75 bits per heavy atom. The van der Waals surface area contributed by atoms with Gasteiger partial charge in [0.25, 0.3) is 0 Å². The molecule has 2 aromatic carbocycles. The Labute approximate surface area is 169 Å². The third kappa shape index (κ3) is 7.44. The van der Waals surface area contributed by atoms with Crippen molar-refractivity contribution in [3.8, 4) is 0 Å². The van der Waals surface area contributed by atoms with E-state index >= 15 is 0 Å². The van der Waals surface area contributed by atoms with E-state index in [1.165, 1.54) is 18.7 Å². The Balaban J connectivity index is 1.83. The quantitative estimate of drug-likeness (QED) is 0.372. The lowest BCUT2D eigenvalue weighted by atomic mass is 10.2. The van der Waals surface area contributed by atoms with Gasteiger partial charge in [-0.25, -0.2) is 4.79 Å². The highest BCUT2D eigenvalue weighted by Crippen LogP contribution is 2.22. The van der Waals surface area contributed by atoms with Gasteiger partial charge in [0.1, 0.15) is 0 Å². The summed E-state index contributed by atoms with van der Waals surface area (Å²) >= 11 is 1.37. The van der Waals surface area contributed by atoms with Crippen LogP contribution in [0.4, 0.5) is 11.4 Å². The van der Waals surface area contributed by atoms with Crippen LogP contribution in [0.2, 0.25) is 0 Å². The summed E-state index contributed by atoms with van der Waals surface area (Å²) in [7, 11) is 0. The molecule has 0 saturated heterocycles. The summed E-state index contributed by atoms with van der Waals surface area (Å²) < 4.78 is 5.15. The van der Waals surface area contributed by atoms with E-state index < -0.39 is 0 Å². The molecule has 0 spiro atoms. The van der Waals surface area contributed by atoms with Crippen LogP contribution in [0.1, 0.15) is 37.0 Å². The van der Waals surface area contributed by atoms with Gasteiger partial charge in [-0.15, -0.1) is 11.8 Å². The first-order valence-electron chi connectivity index (χ1n) is 9.05. The molecular formula is C21H24N2O4S. The van der Waals surface area contributed by atoms with E-state index in [1.54, 1.807) is 30.3 Å². The van der Waals surface area contributed by atoms with Crippen LogP contribution in [0.5, 0.6) is 0 Å².